The number of hydrogen-bond donors (Lipinski definition) is 1. The van der Waals surface area contributed by atoms with Crippen molar-refractivity contribution < 1.29 is 19.4 Å². The number of thiazole rings is 2. The quantitative estimate of drug-likeness (QED) is 0.297. The summed E-state index contributed by atoms with van der Waals surface area (Å²) in [6, 6.07) is 4.34. The van der Waals surface area contributed by atoms with Crippen molar-refractivity contribution in [3.63, 3.8) is 0 Å². The summed E-state index contributed by atoms with van der Waals surface area (Å²) >= 11 is 9.78. The number of ether oxygens (including phenoxy) is 1. The smallest absolute Gasteiger partial charge is 0.309 e. The van der Waals surface area contributed by atoms with Gasteiger partial charge < -0.3 is 14.7 Å². The number of rotatable bonds is 7. The van der Waals surface area contributed by atoms with Crippen LogP contribution in [0.5, 0.6) is 5.75 Å². The molecule has 0 bridgehead atoms. The third kappa shape index (κ3) is 7.12. The molecule has 4 rings (SSSR count). The molecule has 0 aliphatic carbocycles. The van der Waals surface area contributed by atoms with Crippen LogP contribution in [0, 0.1) is 6.92 Å². The highest BCUT2D eigenvalue weighted by Crippen LogP contribution is 2.45. The third-order valence-corrected chi connectivity index (χ3v) is 9.97. The average Bonchev–Trinajstić information content (AvgIpc) is 3.43. The van der Waals surface area contributed by atoms with Crippen molar-refractivity contribution in [1.82, 2.24) is 14.9 Å². The molecule has 222 valence electrons. The number of carbonyl (C=O) groups is 2. The number of nitrogens with zero attached hydrogens (tertiary/aromatic N) is 3. The molecule has 0 atom stereocenters. The maximum absolute atomic E-state index is 13.0. The van der Waals surface area contributed by atoms with Gasteiger partial charge in [-0.15, -0.1) is 22.7 Å². The Kier molecular flexibility index (Phi) is 9.21. The molecule has 0 radical (unpaired) electrons. The zero-order valence-electron chi connectivity index (χ0n) is 25.2. The van der Waals surface area contributed by atoms with Crippen LogP contribution >= 0.6 is 34.3 Å². The van der Waals surface area contributed by atoms with Gasteiger partial charge in [0, 0.05) is 40.6 Å². The Hall–Kier alpha value is -2.49. The van der Waals surface area contributed by atoms with E-state index in [1.807, 2.05) is 11.8 Å². The van der Waals surface area contributed by atoms with Crippen molar-refractivity contribution in [2.75, 3.05) is 20.2 Å². The maximum Gasteiger partial charge on any atom is 0.309 e. The molecule has 1 aromatic carbocycles. The number of aliphatic carboxylic acids is 1. The minimum absolute atomic E-state index is 0.0274. The summed E-state index contributed by atoms with van der Waals surface area (Å²) in [5.74, 6) is 0.269. The Morgan fingerprint density at radius 1 is 1.02 bits per heavy atom. The largest absolute Gasteiger partial charge is 0.496 e. The Morgan fingerprint density at radius 2 is 1.61 bits per heavy atom. The van der Waals surface area contributed by atoms with E-state index in [2.05, 4.69) is 58.7 Å². The number of carboxylic acid groups (broad SMARTS) is 1. The molecule has 1 aliphatic rings. The number of methoxy groups -OCH3 is 1. The van der Waals surface area contributed by atoms with Gasteiger partial charge in [0.05, 0.1) is 30.7 Å². The first-order chi connectivity index (χ1) is 19.1. The standard InChI is InChI=1S/C31H40ClN3O4S2/c1-17-22(15-25(37)38)33-23(40-17)16-24(36)35-11-9-18(10-12-35)29-34-26(28(32)41-29)19-13-20(30(2,3)4)27(39-8)21(14-19)31(5,6)7/h13-14,18H,9-12,15-16H2,1-8H3,(H,37,38). The van der Waals surface area contributed by atoms with Crippen molar-refractivity contribution >= 4 is 46.2 Å². The molecule has 1 amide bonds. The van der Waals surface area contributed by atoms with Crippen LogP contribution in [0.1, 0.15) is 92.0 Å². The van der Waals surface area contributed by atoms with E-state index in [4.69, 9.17) is 26.4 Å². The van der Waals surface area contributed by atoms with Crippen LogP contribution in [0.4, 0.5) is 0 Å². The Labute approximate surface area is 255 Å². The van der Waals surface area contributed by atoms with E-state index in [1.165, 1.54) is 22.7 Å². The highest BCUT2D eigenvalue weighted by molar-refractivity contribution is 7.16. The van der Waals surface area contributed by atoms with Gasteiger partial charge in [-0.25, -0.2) is 9.97 Å². The fraction of sp³-hybridized carbons (Fsp3) is 0.548. The fourth-order valence-corrected chi connectivity index (χ4v) is 7.57. The Morgan fingerprint density at radius 3 is 2.12 bits per heavy atom. The van der Waals surface area contributed by atoms with Crippen molar-refractivity contribution in [2.45, 2.75) is 90.9 Å². The maximum atomic E-state index is 13.0. The first-order valence-corrected chi connectivity index (χ1v) is 15.9. The van der Waals surface area contributed by atoms with Gasteiger partial charge in [0.25, 0.3) is 0 Å². The zero-order chi connectivity index (χ0) is 30.3. The van der Waals surface area contributed by atoms with E-state index < -0.39 is 5.97 Å². The monoisotopic (exact) mass is 617 g/mol. The number of carboxylic acids is 1. The van der Waals surface area contributed by atoms with Gasteiger partial charge in [-0.05, 0) is 42.7 Å². The fourth-order valence-electron chi connectivity index (χ4n) is 5.26. The molecule has 2 aromatic heterocycles. The lowest BCUT2D eigenvalue weighted by atomic mass is 9.78. The van der Waals surface area contributed by atoms with Crippen LogP contribution in [0.15, 0.2) is 12.1 Å². The molecule has 3 heterocycles. The van der Waals surface area contributed by atoms with E-state index in [0.717, 1.165) is 50.9 Å². The lowest BCUT2D eigenvalue weighted by molar-refractivity contribution is -0.136. The second kappa shape index (κ2) is 12.0. The number of hydrogen-bond acceptors (Lipinski definition) is 7. The number of aromatic nitrogens is 2. The van der Waals surface area contributed by atoms with Crippen molar-refractivity contribution in [2.24, 2.45) is 0 Å². The molecule has 0 spiro atoms. The van der Waals surface area contributed by atoms with Gasteiger partial charge in [0.15, 0.2) is 0 Å². The first kappa shape index (κ1) is 31.4. The van der Waals surface area contributed by atoms with E-state index in [-0.39, 0.29) is 35.5 Å². The summed E-state index contributed by atoms with van der Waals surface area (Å²) < 4.78 is 6.61. The summed E-state index contributed by atoms with van der Waals surface area (Å²) in [5.41, 5.74) is 4.36. The molecule has 0 unspecified atom stereocenters. The number of amides is 1. The molecule has 7 nitrogen and oxygen atoms in total. The minimum Gasteiger partial charge on any atom is -0.496 e. The highest BCUT2D eigenvalue weighted by atomic mass is 35.5. The third-order valence-electron chi connectivity index (χ3n) is 7.54. The lowest BCUT2D eigenvalue weighted by Crippen LogP contribution is -2.38. The van der Waals surface area contributed by atoms with Crippen LogP contribution in [-0.2, 0) is 33.3 Å². The zero-order valence-corrected chi connectivity index (χ0v) is 27.6. The summed E-state index contributed by atoms with van der Waals surface area (Å²) in [6.07, 6.45) is 1.72. The number of likely N-dealkylation sites (tertiary alicyclic amines) is 1. The van der Waals surface area contributed by atoms with Gasteiger partial charge >= 0.3 is 5.97 Å². The van der Waals surface area contributed by atoms with E-state index in [1.54, 1.807) is 7.11 Å². The molecule has 1 aliphatic heterocycles. The summed E-state index contributed by atoms with van der Waals surface area (Å²) in [4.78, 5) is 36.3. The van der Waals surface area contributed by atoms with Crippen molar-refractivity contribution in [3.05, 3.63) is 48.2 Å². The molecule has 10 heteroatoms. The summed E-state index contributed by atoms with van der Waals surface area (Å²) in [6.45, 7) is 16.3. The molecular weight excluding hydrogens is 578 g/mol. The van der Waals surface area contributed by atoms with Crippen LogP contribution in [0.25, 0.3) is 11.3 Å². The predicted octanol–water partition coefficient (Wildman–Crippen LogP) is 7.41. The van der Waals surface area contributed by atoms with Crippen molar-refractivity contribution in [3.8, 4) is 17.0 Å². The average molecular weight is 618 g/mol. The number of piperidine rings is 1. The number of aryl methyl sites for hydroxylation is 1. The van der Waals surface area contributed by atoms with E-state index >= 15 is 0 Å². The van der Waals surface area contributed by atoms with Gasteiger partial charge in [-0.3, -0.25) is 9.59 Å². The summed E-state index contributed by atoms with van der Waals surface area (Å²) in [7, 11) is 1.74. The van der Waals surface area contributed by atoms with Gasteiger partial charge in [0.1, 0.15) is 20.8 Å². The number of halogens is 1. The SMILES string of the molecule is COc1c(C(C)(C)C)cc(-c2nc(C3CCN(C(=O)Cc4nc(CC(=O)O)c(C)s4)CC3)sc2Cl)cc1C(C)(C)C. The number of carbonyl (C=O) groups excluding carboxylic acids is 1. The molecule has 41 heavy (non-hydrogen) atoms. The van der Waals surface area contributed by atoms with Gasteiger partial charge in [0.2, 0.25) is 5.91 Å². The Balaban J connectivity index is 1.50. The van der Waals surface area contributed by atoms with Crippen LogP contribution in [-0.4, -0.2) is 52.1 Å². The second-order valence-corrected chi connectivity index (χ2v) is 15.7. The summed E-state index contributed by atoms with van der Waals surface area (Å²) in [5, 5.41) is 10.8. The topological polar surface area (TPSA) is 92.6 Å². The van der Waals surface area contributed by atoms with Gasteiger partial charge in [-0.1, -0.05) is 53.1 Å². The van der Waals surface area contributed by atoms with Crippen LogP contribution in [0.2, 0.25) is 4.34 Å². The molecular formula is C31H40ClN3O4S2. The first-order valence-electron chi connectivity index (χ1n) is 13.9. The minimum atomic E-state index is -0.917. The molecule has 0 saturated carbocycles. The van der Waals surface area contributed by atoms with Gasteiger partial charge in [-0.2, -0.15) is 0 Å². The number of benzene rings is 1. The molecule has 1 N–H and O–H groups in total. The highest BCUT2D eigenvalue weighted by Gasteiger charge is 2.31. The second-order valence-electron chi connectivity index (χ2n) is 12.8. The van der Waals surface area contributed by atoms with Crippen LogP contribution in [0.3, 0.4) is 0 Å². The predicted molar refractivity (Wildman–Crippen MR) is 167 cm³/mol. The molecule has 1 fully saturated rings. The molecule has 1 saturated heterocycles. The van der Waals surface area contributed by atoms with Crippen molar-refractivity contribution in [1.29, 1.82) is 0 Å². The lowest BCUT2D eigenvalue weighted by Gasteiger charge is -2.31. The van der Waals surface area contributed by atoms with Crippen LogP contribution < -0.4 is 4.74 Å². The normalized spacial score (nSPS) is 14.9. The van der Waals surface area contributed by atoms with E-state index in [9.17, 15) is 9.59 Å². The van der Waals surface area contributed by atoms with E-state index in [0.29, 0.717) is 28.1 Å². The molecule has 3 aromatic rings. The Bertz CT molecular complexity index is 1410.